The van der Waals surface area contributed by atoms with Crippen molar-refractivity contribution in [1.82, 2.24) is 9.55 Å². The lowest BCUT2D eigenvalue weighted by molar-refractivity contribution is -0.144. The lowest BCUT2D eigenvalue weighted by Crippen LogP contribution is -2.27. The maximum atomic E-state index is 12.8. The molecule has 0 atom stereocenters. The van der Waals surface area contributed by atoms with Crippen molar-refractivity contribution < 1.29 is 21.6 Å². The molecule has 0 amide bonds. The van der Waals surface area contributed by atoms with Gasteiger partial charge in [-0.2, -0.15) is 13.2 Å². The van der Waals surface area contributed by atoms with Crippen LogP contribution in [0.4, 0.5) is 18.9 Å². The van der Waals surface area contributed by atoms with Gasteiger partial charge in [-0.05, 0) is 12.1 Å². The molecule has 0 aliphatic rings. The molecule has 136 valence electrons. The van der Waals surface area contributed by atoms with Gasteiger partial charge in [0.1, 0.15) is 11.4 Å². The molecule has 2 rings (SSSR count). The number of anilines is 1. The topological polar surface area (TPSA) is 81.1 Å². The number of halogens is 5. The van der Waals surface area contributed by atoms with Crippen LogP contribution in [0.5, 0.6) is 0 Å². The predicted molar refractivity (Wildman–Crippen MR) is 88.4 cm³/mol. The average molecular weight is 416 g/mol. The summed E-state index contributed by atoms with van der Waals surface area (Å²) >= 11 is 11.9. The maximum absolute atomic E-state index is 12.8. The third kappa shape index (κ3) is 4.25. The molecule has 0 aliphatic heterocycles. The van der Waals surface area contributed by atoms with E-state index in [9.17, 15) is 26.4 Å². The number of rotatable bonds is 3. The van der Waals surface area contributed by atoms with Crippen molar-refractivity contribution in [3.63, 3.8) is 0 Å². The first kappa shape index (κ1) is 19.5. The molecule has 0 saturated carbocycles. The first-order chi connectivity index (χ1) is 11.3. The van der Waals surface area contributed by atoms with Crippen LogP contribution in [0.25, 0.3) is 11.3 Å². The quantitative estimate of drug-likeness (QED) is 0.834. The molecule has 1 aromatic carbocycles. The summed E-state index contributed by atoms with van der Waals surface area (Å²) in [5.74, 6) is 0. The van der Waals surface area contributed by atoms with Crippen molar-refractivity contribution in [1.29, 1.82) is 0 Å². The molecule has 1 N–H and O–H groups in total. The van der Waals surface area contributed by atoms with Crippen LogP contribution < -0.4 is 10.3 Å². The standard InChI is InChI=1S/C13H10Cl2F3N3O3S/c1-21-10(13(16,17)18)5-19-11(12(21)22)6-3-9(20-25(2,23)24)8(15)4-7(6)14/h3-5,20H,1-2H3. The van der Waals surface area contributed by atoms with Crippen LogP contribution in [0, 0.1) is 0 Å². The Morgan fingerprint density at radius 2 is 1.80 bits per heavy atom. The zero-order valence-electron chi connectivity index (χ0n) is 12.6. The van der Waals surface area contributed by atoms with Crippen LogP contribution in [0.2, 0.25) is 10.0 Å². The van der Waals surface area contributed by atoms with Gasteiger partial charge in [0.2, 0.25) is 10.0 Å². The number of alkyl halides is 3. The zero-order valence-corrected chi connectivity index (χ0v) is 15.0. The lowest BCUT2D eigenvalue weighted by atomic mass is 10.1. The van der Waals surface area contributed by atoms with Crippen molar-refractivity contribution in [2.45, 2.75) is 6.18 Å². The molecule has 25 heavy (non-hydrogen) atoms. The number of sulfonamides is 1. The van der Waals surface area contributed by atoms with Gasteiger partial charge in [0, 0.05) is 12.6 Å². The smallest absolute Gasteiger partial charge is 0.304 e. The zero-order chi connectivity index (χ0) is 19.2. The molecular weight excluding hydrogens is 406 g/mol. The van der Waals surface area contributed by atoms with Crippen molar-refractivity contribution in [3.8, 4) is 11.3 Å². The number of hydrogen-bond donors (Lipinski definition) is 1. The lowest BCUT2D eigenvalue weighted by Gasteiger charge is -2.14. The fourth-order valence-electron chi connectivity index (χ4n) is 1.99. The van der Waals surface area contributed by atoms with Crippen LogP contribution in [0.15, 0.2) is 23.1 Å². The Morgan fingerprint density at radius 3 is 2.32 bits per heavy atom. The SMILES string of the molecule is Cn1c(C(F)(F)F)cnc(-c2cc(NS(C)(=O)=O)c(Cl)cc2Cl)c1=O. The molecule has 12 heteroatoms. The summed E-state index contributed by atoms with van der Waals surface area (Å²) in [5.41, 5.74) is -2.82. The highest BCUT2D eigenvalue weighted by atomic mass is 35.5. The van der Waals surface area contributed by atoms with Crippen LogP contribution in [0.1, 0.15) is 5.69 Å². The summed E-state index contributed by atoms with van der Waals surface area (Å²) in [4.78, 5) is 15.8. The number of nitrogens with zero attached hydrogens (tertiary/aromatic N) is 2. The molecule has 0 saturated heterocycles. The summed E-state index contributed by atoms with van der Waals surface area (Å²) in [6.45, 7) is 0. The van der Waals surface area contributed by atoms with Gasteiger partial charge in [0.05, 0.1) is 28.2 Å². The molecule has 0 fully saturated rings. The van der Waals surface area contributed by atoms with E-state index in [4.69, 9.17) is 23.2 Å². The van der Waals surface area contributed by atoms with E-state index in [1.54, 1.807) is 0 Å². The summed E-state index contributed by atoms with van der Waals surface area (Å²) in [5, 5.41) is -0.128. The molecule has 0 bridgehead atoms. The summed E-state index contributed by atoms with van der Waals surface area (Å²) < 4.78 is 63.7. The van der Waals surface area contributed by atoms with Gasteiger partial charge in [-0.25, -0.2) is 13.4 Å². The van der Waals surface area contributed by atoms with Gasteiger partial charge >= 0.3 is 6.18 Å². The first-order valence-electron chi connectivity index (χ1n) is 6.41. The second kappa shape index (κ2) is 6.50. The van der Waals surface area contributed by atoms with Gasteiger partial charge in [0.15, 0.2) is 0 Å². The van der Waals surface area contributed by atoms with Crippen LogP contribution in [0.3, 0.4) is 0 Å². The van der Waals surface area contributed by atoms with Gasteiger partial charge < -0.3 is 4.57 Å². The van der Waals surface area contributed by atoms with Crippen LogP contribution in [-0.4, -0.2) is 24.2 Å². The van der Waals surface area contributed by atoms with Crippen LogP contribution in [-0.2, 0) is 23.2 Å². The fourth-order valence-corrected chi connectivity index (χ4v) is 3.14. The summed E-state index contributed by atoms with van der Waals surface area (Å²) in [6.07, 6.45) is -3.38. The Balaban J connectivity index is 2.69. The number of benzene rings is 1. The fraction of sp³-hybridized carbons (Fsp3) is 0.231. The van der Waals surface area contributed by atoms with Crippen molar-refractivity contribution in [2.75, 3.05) is 11.0 Å². The molecule has 1 aromatic heterocycles. The highest BCUT2D eigenvalue weighted by Crippen LogP contribution is 2.35. The van der Waals surface area contributed by atoms with E-state index in [0.717, 1.165) is 25.4 Å². The van der Waals surface area contributed by atoms with E-state index < -0.39 is 27.5 Å². The second-order valence-electron chi connectivity index (χ2n) is 5.04. The average Bonchev–Trinajstić information content (AvgIpc) is 2.42. The highest BCUT2D eigenvalue weighted by Gasteiger charge is 2.34. The molecule has 2 aromatic rings. The third-order valence-electron chi connectivity index (χ3n) is 3.08. The first-order valence-corrected chi connectivity index (χ1v) is 9.06. The molecule has 6 nitrogen and oxygen atoms in total. The van der Waals surface area contributed by atoms with E-state index in [1.807, 2.05) is 0 Å². The van der Waals surface area contributed by atoms with Crippen LogP contribution >= 0.6 is 23.2 Å². The Labute approximate surface area is 150 Å². The number of hydrogen-bond acceptors (Lipinski definition) is 4. The normalized spacial score (nSPS) is 12.3. The largest absolute Gasteiger partial charge is 0.433 e. The highest BCUT2D eigenvalue weighted by molar-refractivity contribution is 7.92. The summed E-state index contributed by atoms with van der Waals surface area (Å²) in [6, 6.07) is 2.29. The minimum absolute atomic E-state index is 0.0529. The molecule has 0 unspecified atom stereocenters. The predicted octanol–water partition coefficient (Wildman–Crippen LogP) is 3.14. The maximum Gasteiger partial charge on any atom is 0.433 e. The number of aromatic nitrogens is 2. The minimum Gasteiger partial charge on any atom is -0.304 e. The van der Waals surface area contributed by atoms with E-state index in [1.165, 1.54) is 0 Å². The Bertz CT molecular complexity index is 1000. The Morgan fingerprint density at radius 1 is 1.20 bits per heavy atom. The number of nitrogens with one attached hydrogen (secondary N) is 1. The molecule has 0 spiro atoms. The van der Waals surface area contributed by atoms with Gasteiger partial charge in [-0.1, -0.05) is 23.2 Å². The van der Waals surface area contributed by atoms with Gasteiger partial charge in [-0.3, -0.25) is 9.52 Å². The van der Waals surface area contributed by atoms with E-state index in [-0.39, 0.29) is 27.0 Å². The van der Waals surface area contributed by atoms with E-state index in [2.05, 4.69) is 9.71 Å². The van der Waals surface area contributed by atoms with Gasteiger partial charge in [-0.15, -0.1) is 0 Å². The van der Waals surface area contributed by atoms with E-state index >= 15 is 0 Å². The Hall–Kier alpha value is -1.78. The third-order valence-corrected chi connectivity index (χ3v) is 4.30. The van der Waals surface area contributed by atoms with E-state index in [0.29, 0.717) is 10.8 Å². The second-order valence-corrected chi connectivity index (χ2v) is 7.60. The molecule has 0 radical (unpaired) electrons. The molecule has 0 aliphatic carbocycles. The molecular formula is C13H10Cl2F3N3O3S. The van der Waals surface area contributed by atoms with Gasteiger partial charge in [0.25, 0.3) is 5.56 Å². The minimum atomic E-state index is -4.76. The van der Waals surface area contributed by atoms with Crippen molar-refractivity contribution in [2.24, 2.45) is 7.05 Å². The Kier molecular flexibility index (Phi) is 5.08. The monoisotopic (exact) mass is 415 g/mol. The van der Waals surface area contributed by atoms with Crippen molar-refractivity contribution in [3.05, 3.63) is 44.4 Å². The summed E-state index contributed by atoms with van der Waals surface area (Å²) in [7, 11) is -2.75. The molecule has 1 heterocycles. The van der Waals surface area contributed by atoms with Crippen molar-refractivity contribution >= 4 is 38.9 Å².